The van der Waals surface area contributed by atoms with Crippen molar-refractivity contribution < 1.29 is 14.5 Å². The number of nitrogens with zero attached hydrogens (tertiary/aromatic N) is 2. The standard InChI is InChI=1S/C20H25N3O4/c1-14(2)21-20(24)16-9-10-17(18(13-16)23(25)26)22(4)11-12-27-19-8-6-5-7-15(19)3/h5-10,13-14H,11-12H2,1-4H3,(H,21,24). The van der Waals surface area contributed by atoms with Crippen LogP contribution < -0.4 is 15.0 Å². The Morgan fingerprint density at radius 3 is 2.59 bits per heavy atom. The van der Waals surface area contributed by atoms with E-state index >= 15 is 0 Å². The SMILES string of the molecule is Cc1ccccc1OCCN(C)c1ccc(C(=O)NC(C)C)cc1[N+](=O)[O-]. The van der Waals surface area contributed by atoms with Crippen molar-refractivity contribution >= 4 is 17.3 Å². The van der Waals surface area contributed by atoms with Crippen molar-refractivity contribution in [3.63, 3.8) is 0 Å². The van der Waals surface area contributed by atoms with Gasteiger partial charge in [0.2, 0.25) is 0 Å². The van der Waals surface area contributed by atoms with E-state index in [0.717, 1.165) is 11.3 Å². The van der Waals surface area contributed by atoms with Crippen LogP contribution in [0.1, 0.15) is 29.8 Å². The molecular formula is C20H25N3O4. The van der Waals surface area contributed by atoms with Crippen molar-refractivity contribution in [3.8, 4) is 5.75 Å². The summed E-state index contributed by atoms with van der Waals surface area (Å²) >= 11 is 0. The molecule has 0 aliphatic heterocycles. The van der Waals surface area contributed by atoms with Gasteiger partial charge in [-0.1, -0.05) is 18.2 Å². The molecule has 144 valence electrons. The van der Waals surface area contributed by atoms with Gasteiger partial charge in [0.1, 0.15) is 18.0 Å². The highest BCUT2D eigenvalue weighted by atomic mass is 16.6. The van der Waals surface area contributed by atoms with Crippen LogP contribution in [-0.2, 0) is 0 Å². The Balaban J connectivity index is 2.10. The van der Waals surface area contributed by atoms with E-state index in [9.17, 15) is 14.9 Å². The topological polar surface area (TPSA) is 84.7 Å². The number of carbonyl (C=O) groups is 1. The number of benzene rings is 2. The van der Waals surface area contributed by atoms with Gasteiger partial charge in [0.15, 0.2) is 0 Å². The number of carbonyl (C=O) groups excluding carboxylic acids is 1. The van der Waals surface area contributed by atoms with E-state index in [2.05, 4.69) is 5.32 Å². The molecule has 0 saturated carbocycles. The van der Waals surface area contributed by atoms with Gasteiger partial charge in [-0.15, -0.1) is 0 Å². The van der Waals surface area contributed by atoms with Crippen LogP contribution in [0.4, 0.5) is 11.4 Å². The van der Waals surface area contributed by atoms with Crippen molar-refractivity contribution in [3.05, 3.63) is 63.7 Å². The van der Waals surface area contributed by atoms with E-state index < -0.39 is 4.92 Å². The summed E-state index contributed by atoms with van der Waals surface area (Å²) in [7, 11) is 1.76. The average Bonchev–Trinajstić information content (AvgIpc) is 2.62. The van der Waals surface area contributed by atoms with Gasteiger partial charge in [0.25, 0.3) is 11.6 Å². The fourth-order valence-electron chi connectivity index (χ4n) is 2.61. The first-order valence-electron chi connectivity index (χ1n) is 8.78. The highest BCUT2D eigenvalue weighted by Crippen LogP contribution is 2.28. The minimum Gasteiger partial charge on any atom is -0.491 e. The number of nitro groups is 1. The third-order valence-electron chi connectivity index (χ3n) is 4.04. The lowest BCUT2D eigenvalue weighted by atomic mass is 10.1. The molecule has 0 unspecified atom stereocenters. The van der Waals surface area contributed by atoms with Crippen LogP contribution in [0.15, 0.2) is 42.5 Å². The molecule has 1 N–H and O–H groups in total. The first kappa shape index (κ1) is 20.2. The molecule has 7 nitrogen and oxygen atoms in total. The van der Waals surface area contributed by atoms with E-state index in [-0.39, 0.29) is 23.2 Å². The Morgan fingerprint density at radius 1 is 1.26 bits per heavy atom. The summed E-state index contributed by atoms with van der Waals surface area (Å²) in [6.45, 7) is 6.48. The van der Waals surface area contributed by atoms with Gasteiger partial charge >= 0.3 is 0 Å². The fraction of sp³-hybridized carbons (Fsp3) is 0.350. The summed E-state index contributed by atoms with van der Waals surface area (Å²) in [5.41, 5.74) is 1.63. The second kappa shape index (κ2) is 9.02. The van der Waals surface area contributed by atoms with Crippen molar-refractivity contribution in [2.45, 2.75) is 26.8 Å². The Kier molecular flexibility index (Phi) is 6.76. The molecule has 2 aromatic rings. The van der Waals surface area contributed by atoms with E-state index in [4.69, 9.17) is 4.74 Å². The Morgan fingerprint density at radius 2 is 1.96 bits per heavy atom. The Bertz CT molecular complexity index is 821. The zero-order valence-corrected chi connectivity index (χ0v) is 16.1. The molecule has 0 saturated heterocycles. The van der Waals surface area contributed by atoms with Crippen LogP contribution in [0.3, 0.4) is 0 Å². The van der Waals surface area contributed by atoms with Crippen molar-refractivity contribution in [2.24, 2.45) is 0 Å². The van der Waals surface area contributed by atoms with Crippen LogP contribution in [-0.4, -0.2) is 37.1 Å². The molecule has 0 aliphatic rings. The number of hydrogen-bond acceptors (Lipinski definition) is 5. The van der Waals surface area contributed by atoms with Crippen molar-refractivity contribution in [1.29, 1.82) is 0 Å². The summed E-state index contributed by atoms with van der Waals surface area (Å²) in [6, 6.07) is 12.2. The monoisotopic (exact) mass is 371 g/mol. The molecule has 7 heteroatoms. The molecule has 2 aromatic carbocycles. The second-order valence-corrected chi connectivity index (χ2v) is 6.62. The molecule has 1 amide bonds. The van der Waals surface area contributed by atoms with Gasteiger partial charge in [0.05, 0.1) is 11.5 Å². The van der Waals surface area contributed by atoms with Crippen LogP contribution in [0, 0.1) is 17.0 Å². The number of likely N-dealkylation sites (N-methyl/N-ethyl adjacent to an activating group) is 1. The molecule has 0 heterocycles. The normalized spacial score (nSPS) is 10.6. The maximum absolute atomic E-state index is 12.1. The largest absolute Gasteiger partial charge is 0.491 e. The highest BCUT2D eigenvalue weighted by Gasteiger charge is 2.20. The zero-order valence-electron chi connectivity index (χ0n) is 16.1. The number of anilines is 1. The predicted octanol–water partition coefficient (Wildman–Crippen LogP) is 3.56. The fourth-order valence-corrected chi connectivity index (χ4v) is 2.61. The molecule has 0 spiro atoms. The lowest BCUT2D eigenvalue weighted by Gasteiger charge is -2.20. The van der Waals surface area contributed by atoms with Gasteiger partial charge < -0.3 is 15.0 Å². The van der Waals surface area contributed by atoms with Gasteiger partial charge in [-0.2, -0.15) is 0 Å². The lowest BCUT2D eigenvalue weighted by Crippen LogP contribution is -2.30. The number of hydrogen-bond donors (Lipinski definition) is 1. The Labute approximate surface area is 159 Å². The maximum atomic E-state index is 12.1. The smallest absolute Gasteiger partial charge is 0.293 e. The number of para-hydroxylation sites is 1. The number of aryl methyl sites for hydroxylation is 1. The minimum atomic E-state index is -0.472. The van der Waals surface area contributed by atoms with E-state index in [1.807, 2.05) is 45.0 Å². The summed E-state index contributed by atoms with van der Waals surface area (Å²) in [6.07, 6.45) is 0. The molecule has 0 bridgehead atoms. The quantitative estimate of drug-likeness (QED) is 0.566. The average molecular weight is 371 g/mol. The zero-order chi connectivity index (χ0) is 20.0. The molecule has 0 aliphatic carbocycles. The summed E-state index contributed by atoms with van der Waals surface area (Å²) < 4.78 is 5.76. The van der Waals surface area contributed by atoms with Crippen molar-refractivity contribution in [2.75, 3.05) is 25.1 Å². The van der Waals surface area contributed by atoms with E-state index in [0.29, 0.717) is 18.8 Å². The van der Waals surface area contributed by atoms with Crippen LogP contribution in [0.2, 0.25) is 0 Å². The highest BCUT2D eigenvalue weighted by molar-refractivity contribution is 5.95. The minimum absolute atomic E-state index is 0.0440. The third kappa shape index (κ3) is 5.44. The van der Waals surface area contributed by atoms with Gasteiger partial charge in [-0.05, 0) is 44.5 Å². The third-order valence-corrected chi connectivity index (χ3v) is 4.04. The summed E-state index contributed by atoms with van der Waals surface area (Å²) in [5.74, 6) is 0.464. The predicted molar refractivity (Wildman–Crippen MR) is 106 cm³/mol. The lowest BCUT2D eigenvalue weighted by molar-refractivity contribution is -0.384. The number of rotatable bonds is 8. The Hall–Kier alpha value is -3.09. The molecular weight excluding hydrogens is 346 g/mol. The molecule has 0 radical (unpaired) electrons. The van der Waals surface area contributed by atoms with Gasteiger partial charge in [-0.3, -0.25) is 14.9 Å². The number of nitro benzene ring substituents is 1. The van der Waals surface area contributed by atoms with E-state index in [1.54, 1.807) is 24.1 Å². The number of ether oxygens (including phenoxy) is 1. The van der Waals surface area contributed by atoms with Crippen molar-refractivity contribution in [1.82, 2.24) is 5.32 Å². The molecule has 2 rings (SSSR count). The number of nitrogens with one attached hydrogen (secondary N) is 1. The van der Waals surface area contributed by atoms with Gasteiger partial charge in [0, 0.05) is 24.7 Å². The maximum Gasteiger partial charge on any atom is 0.293 e. The van der Waals surface area contributed by atoms with E-state index in [1.165, 1.54) is 6.07 Å². The number of amides is 1. The summed E-state index contributed by atoms with van der Waals surface area (Å²) in [5, 5.41) is 14.2. The summed E-state index contributed by atoms with van der Waals surface area (Å²) in [4.78, 5) is 24.9. The first-order chi connectivity index (χ1) is 12.8. The molecule has 0 fully saturated rings. The molecule has 27 heavy (non-hydrogen) atoms. The first-order valence-corrected chi connectivity index (χ1v) is 8.78. The molecule has 0 atom stereocenters. The van der Waals surface area contributed by atoms with Gasteiger partial charge in [-0.25, -0.2) is 0 Å². The molecule has 0 aromatic heterocycles. The van der Waals surface area contributed by atoms with Crippen LogP contribution >= 0.6 is 0 Å². The van der Waals surface area contributed by atoms with Crippen LogP contribution in [0.5, 0.6) is 5.75 Å². The van der Waals surface area contributed by atoms with Crippen LogP contribution in [0.25, 0.3) is 0 Å². The second-order valence-electron chi connectivity index (χ2n) is 6.62.